The summed E-state index contributed by atoms with van der Waals surface area (Å²) in [7, 11) is -2.82. The molecule has 0 heterocycles. The number of nitrogens with one attached hydrogen (secondary N) is 1. The Hall–Kier alpha value is -0.870. The molecule has 1 atom stereocenters. The summed E-state index contributed by atoms with van der Waals surface area (Å²) < 4.78 is 21.9. The molecule has 0 saturated carbocycles. The molecule has 0 aliphatic heterocycles. The van der Waals surface area contributed by atoms with Crippen LogP contribution in [-0.4, -0.2) is 33.0 Å². The largest absolute Gasteiger partial charge is 0.314 e. The Morgan fingerprint density at radius 3 is 2.50 bits per heavy atom. The van der Waals surface area contributed by atoms with Crippen molar-refractivity contribution in [1.82, 2.24) is 5.32 Å². The van der Waals surface area contributed by atoms with Crippen LogP contribution in [0.4, 0.5) is 0 Å². The van der Waals surface area contributed by atoms with E-state index in [2.05, 4.69) is 36.5 Å². The molecule has 0 aliphatic rings. The molecule has 0 saturated heterocycles. The van der Waals surface area contributed by atoms with Crippen LogP contribution in [0.3, 0.4) is 0 Å². The average molecular weight is 269 g/mol. The minimum absolute atomic E-state index is 0.269. The molecule has 18 heavy (non-hydrogen) atoms. The lowest BCUT2D eigenvalue weighted by Crippen LogP contribution is -2.28. The van der Waals surface area contributed by atoms with Crippen molar-refractivity contribution < 1.29 is 8.42 Å². The number of hydrogen-bond donors (Lipinski definition) is 1. The maximum absolute atomic E-state index is 11.0. The molecule has 0 aromatic heterocycles. The molecule has 0 amide bonds. The van der Waals surface area contributed by atoms with E-state index in [-0.39, 0.29) is 5.75 Å². The van der Waals surface area contributed by atoms with Gasteiger partial charge in [0.25, 0.3) is 0 Å². The van der Waals surface area contributed by atoms with Gasteiger partial charge >= 0.3 is 0 Å². The van der Waals surface area contributed by atoms with E-state index in [1.54, 1.807) is 0 Å². The maximum atomic E-state index is 11.0. The third kappa shape index (κ3) is 7.45. The van der Waals surface area contributed by atoms with Crippen molar-refractivity contribution in [2.75, 3.05) is 18.6 Å². The van der Waals surface area contributed by atoms with Crippen molar-refractivity contribution >= 4 is 9.84 Å². The molecular weight excluding hydrogens is 246 g/mol. The first-order valence-corrected chi connectivity index (χ1v) is 8.48. The topological polar surface area (TPSA) is 46.2 Å². The molecule has 1 aromatic carbocycles. The van der Waals surface area contributed by atoms with Gasteiger partial charge in [-0.15, -0.1) is 0 Å². The Bertz CT molecular complexity index is 428. The van der Waals surface area contributed by atoms with Crippen LogP contribution in [0.25, 0.3) is 0 Å². The van der Waals surface area contributed by atoms with Crippen LogP contribution in [-0.2, 0) is 16.3 Å². The van der Waals surface area contributed by atoms with Gasteiger partial charge in [-0.1, -0.05) is 30.3 Å². The highest BCUT2D eigenvalue weighted by Gasteiger charge is 2.04. The SMILES string of the molecule is CC(CCc1ccccc1)NCCCS(C)(=O)=O. The van der Waals surface area contributed by atoms with Crippen molar-refractivity contribution in [2.24, 2.45) is 0 Å². The molecule has 3 nitrogen and oxygen atoms in total. The molecule has 1 rings (SSSR count). The van der Waals surface area contributed by atoms with Gasteiger partial charge in [0.1, 0.15) is 9.84 Å². The standard InChI is InChI=1S/C14H23NO2S/c1-13(15-11-6-12-18(2,16)17)9-10-14-7-4-3-5-8-14/h3-5,7-8,13,15H,6,9-12H2,1-2H3. The van der Waals surface area contributed by atoms with Crippen LogP contribution in [0.2, 0.25) is 0 Å². The molecule has 0 radical (unpaired) electrons. The van der Waals surface area contributed by atoms with Gasteiger partial charge in [0.2, 0.25) is 0 Å². The van der Waals surface area contributed by atoms with Crippen molar-refractivity contribution in [2.45, 2.75) is 32.2 Å². The fraction of sp³-hybridized carbons (Fsp3) is 0.571. The predicted molar refractivity (Wildman–Crippen MR) is 76.6 cm³/mol. The summed E-state index contributed by atoms with van der Waals surface area (Å²) >= 11 is 0. The molecule has 0 spiro atoms. The zero-order valence-electron chi connectivity index (χ0n) is 11.2. The van der Waals surface area contributed by atoms with Crippen LogP contribution in [0.5, 0.6) is 0 Å². The van der Waals surface area contributed by atoms with E-state index in [9.17, 15) is 8.42 Å². The van der Waals surface area contributed by atoms with Crippen molar-refractivity contribution in [3.05, 3.63) is 35.9 Å². The molecule has 1 unspecified atom stereocenters. The second-order valence-corrected chi connectivity index (χ2v) is 7.12. The lowest BCUT2D eigenvalue weighted by molar-refractivity contribution is 0.512. The highest BCUT2D eigenvalue weighted by molar-refractivity contribution is 7.90. The molecule has 1 aromatic rings. The lowest BCUT2D eigenvalue weighted by atomic mass is 10.1. The molecule has 102 valence electrons. The monoisotopic (exact) mass is 269 g/mol. The quantitative estimate of drug-likeness (QED) is 0.735. The number of sulfone groups is 1. The molecule has 1 N–H and O–H groups in total. The van der Waals surface area contributed by atoms with E-state index < -0.39 is 9.84 Å². The summed E-state index contributed by atoms with van der Waals surface area (Å²) in [5.74, 6) is 0.269. The summed E-state index contributed by atoms with van der Waals surface area (Å²) in [5.41, 5.74) is 1.35. The minimum Gasteiger partial charge on any atom is -0.314 e. The fourth-order valence-corrected chi connectivity index (χ4v) is 2.48. The summed E-state index contributed by atoms with van der Waals surface area (Å²) in [5, 5.41) is 3.36. The summed E-state index contributed by atoms with van der Waals surface area (Å²) in [6, 6.07) is 10.8. The lowest BCUT2D eigenvalue weighted by Gasteiger charge is -2.13. The number of hydrogen-bond acceptors (Lipinski definition) is 3. The van der Waals surface area contributed by atoms with E-state index in [1.807, 2.05) is 6.07 Å². The third-order valence-electron chi connectivity index (χ3n) is 2.89. The first-order valence-electron chi connectivity index (χ1n) is 6.42. The first-order chi connectivity index (χ1) is 8.47. The van der Waals surface area contributed by atoms with Gasteiger partial charge in [-0.25, -0.2) is 8.42 Å². The van der Waals surface area contributed by atoms with E-state index in [0.717, 1.165) is 19.4 Å². The maximum Gasteiger partial charge on any atom is 0.147 e. The van der Waals surface area contributed by atoms with Gasteiger partial charge in [-0.3, -0.25) is 0 Å². The first kappa shape index (κ1) is 15.2. The number of rotatable bonds is 8. The molecule has 4 heteroatoms. The second-order valence-electron chi connectivity index (χ2n) is 4.86. The van der Waals surface area contributed by atoms with Crippen LogP contribution in [0.1, 0.15) is 25.3 Å². The van der Waals surface area contributed by atoms with Crippen molar-refractivity contribution in [3.8, 4) is 0 Å². The Labute approximate surface area is 111 Å². The highest BCUT2D eigenvalue weighted by Crippen LogP contribution is 2.04. The smallest absolute Gasteiger partial charge is 0.147 e. The zero-order valence-corrected chi connectivity index (χ0v) is 12.0. The van der Waals surface area contributed by atoms with Gasteiger partial charge in [-0.2, -0.15) is 0 Å². The Morgan fingerprint density at radius 2 is 1.89 bits per heavy atom. The van der Waals surface area contributed by atoms with Crippen LogP contribution >= 0.6 is 0 Å². The second kappa shape index (κ2) is 7.54. The molecular formula is C14H23NO2S. The van der Waals surface area contributed by atoms with Crippen molar-refractivity contribution in [3.63, 3.8) is 0 Å². The van der Waals surface area contributed by atoms with Crippen LogP contribution in [0.15, 0.2) is 30.3 Å². The Morgan fingerprint density at radius 1 is 1.22 bits per heavy atom. The van der Waals surface area contributed by atoms with E-state index >= 15 is 0 Å². The number of benzene rings is 1. The highest BCUT2D eigenvalue weighted by atomic mass is 32.2. The summed E-state index contributed by atoms with van der Waals surface area (Å²) in [6.07, 6.45) is 4.10. The zero-order chi connectivity index (χ0) is 13.4. The van der Waals surface area contributed by atoms with Crippen LogP contribution in [0, 0.1) is 0 Å². The van der Waals surface area contributed by atoms with Gasteiger partial charge < -0.3 is 5.32 Å². The van der Waals surface area contributed by atoms with E-state index in [4.69, 9.17) is 0 Å². The van der Waals surface area contributed by atoms with Gasteiger partial charge in [-0.05, 0) is 38.3 Å². The van der Waals surface area contributed by atoms with Crippen LogP contribution < -0.4 is 5.32 Å². The minimum atomic E-state index is -2.82. The predicted octanol–water partition coefficient (Wildman–Crippen LogP) is 2.03. The summed E-state index contributed by atoms with van der Waals surface area (Å²) in [4.78, 5) is 0. The van der Waals surface area contributed by atoms with Gasteiger partial charge in [0, 0.05) is 12.3 Å². The Balaban J connectivity index is 2.13. The molecule has 0 fully saturated rings. The molecule has 0 bridgehead atoms. The fourth-order valence-electron chi connectivity index (χ4n) is 1.81. The van der Waals surface area contributed by atoms with Gasteiger partial charge in [0.15, 0.2) is 0 Å². The third-order valence-corrected chi connectivity index (χ3v) is 3.92. The Kier molecular flexibility index (Phi) is 6.36. The summed E-state index contributed by atoms with van der Waals surface area (Å²) in [6.45, 7) is 2.91. The molecule has 0 aliphatic carbocycles. The van der Waals surface area contributed by atoms with Crippen molar-refractivity contribution in [1.29, 1.82) is 0 Å². The number of aryl methyl sites for hydroxylation is 1. The van der Waals surface area contributed by atoms with Gasteiger partial charge in [0.05, 0.1) is 5.75 Å². The average Bonchev–Trinajstić information content (AvgIpc) is 2.32. The normalized spacial score (nSPS) is 13.4. The van der Waals surface area contributed by atoms with E-state index in [0.29, 0.717) is 12.5 Å². The van der Waals surface area contributed by atoms with E-state index in [1.165, 1.54) is 11.8 Å².